The van der Waals surface area contributed by atoms with E-state index < -0.39 is 0 Å². The third-order valence-corrected chi connectivity index (χ3v) is 3.14. The van der Waals surface area contributed by atoms with Gasteiger partial charge in [0, 0.05) is 6.54 Å². The molecule has 19 heavy (non-hydrogen) atoms. The molecule has 0 atom stereocenters. The van der Waals surface area contributed by atoms with Crippen molar-refractivity contribution in [3.05, 3.63) is 41.4 Å². The van der Waals surface area contributed by atoms with Crippen molar-refractivity contribution in [2.45, 2.75) is 6.54 Å². The second-order valence-corrected chi connectivity index (χ2v) is 4.40. The van der Waals surface area contributed by atoms with Crippen LogP contribution in [0.15, 0.2) is 30.9 Å². The van der Waals surface area contributed by atoms with Crippen molar-refractivity contribution in [3.63, 3.8) is 0 Å². The number of nitrogens with one attached hydrogen (secondary N) is 2. The standard InChI is InChI=1S/C12H11ClN6/c13-8-3-1-2-7(9(8)14)4-15-11-10-12(17-5-16-10)19-6-18-11/h1-3,5-6H,4,14H2,(H2,15,16,17,18,19). The smallest absolute Gasteiger partial charge is 0.162 e. The number of anilines is 2. The number of nitrogens with zero attached hydrogens (tertiary/aromatic N) is 3. The zero-order valence-electron chi connectivity index (χ0n) is 9.89. The molecule has 6 nitrogen and oxygen atoms in total. The van der Waals surface area contributed by atoms with Gasteiger partial charge in [0.15, 0.2) is 11.5 Å². The van der Waals surface area contributed by atoms with Crippen molar-refractivity contribution in [1.82, 2.24) is 19.9 Å². The number of halogens is 1. The molecule has 0 spiro atoms. The second-order valence-electron chi connectivity index (χ2n) is 3.99. The highest BCUT2D eigenvalue weighted by Gasteiger charge is 2.07. The Morgan fingerprint density at radius 1 is 1.26 bits per heavy atom. The van der Waals surface area contributed by atoms with Gasteiger partial charge in [-0.1, -0.05) is 23.7 Å². The van der Waals surface area contributed by atoms with Gasteiger partial charge >= 0.3 is 0 Å². The molecule has 0 radical (unpaired) electrons. The molecule has 0 bridgehead atoms. The lowest BCUT2D eigenvalue weighted by atomic mass is 10.2. The molecule has 4 N–H and O–H groups in total. The summed E-state index contributed by atoms with van der Waals surface area (Å²) in [5, 5.41) is 3.73. The van der Waals surface area contributed by atoms with Gasteiger partial charge < -0.3 is 16.0 Å². The van der Waals surface area contributed by atoms with Crippen LogP contribution in [0.3, 0.4) is 0 Å². The largest absolute Gasteiger partial charge is 0.397 e. The molecular formula is C12H11ClN6. The quantitative estimate of drug-likeness (QED) is 0.637. The highest BCUT2D eigenvalue weighted by molar-refractivity contribution is 6.33. The van der Waals surface area contributed by atoms with E-state index in [0.717, 1.165) is 5.56 Å². The first-order valence-corrected chi connectivity index (χ1v) is 6.04. The fourth-order valence-electron chi connectivity index (χ4n) is 1.81. The molecular weight excluding hydrogens is 264 g/mol. The van der Waals surface area contributed by atoms with Crippen molar-refractivity contribution < 1.29 is 0 Å². The summed E-state index contributed by atoms with van der Waals surface area (Å²) < 4.78 is 0. The van der Waals surface area contributed by atoms with Crippen LogP contribution in [0, 0.1) is 0 Å². The van der Waals surface area contributed by atoms with E-state index in [2.05, 4.69) is 25.3 Å². The SMILES string of the molecule is Nc1c(Cl)cccc1CNc1ncnc2[nH]cnc12. The van der Waals surface area contributed by atoms with Crippen LogP contribution in [0.1, 0.15) is 5.56 Å². The average molecular weight is 275 g/mol. The Hall–Kier alpha value is -2.34. The van der Waals surface area contributed by atoms with E-state index in [4.69, 9.17) is 17.3 Å². The minimum atomic E-state index is 0.519. The Kier molecular flexibility index (Phi) is 2.92. The second kappa shape index (κ2) is 4.74. The Labute approximate surface area is 114 Å². The summed E-state index contributed by atoms with van der Waals surface area (Å²) in [5.41, 5.74) is 8.79. The van der Waals surface area contributed by atoms with Crippen molar-refractivity contribution in [2.75, 3.05) is 11.1 Å². The maximum atomic E-state index is 5.98. The monoisotopic (exact) mass is 274 g/mol. The van der Waals surface area contributed by atoms with Crippen LogP contribution in [-0.2, 0) is 6.54 Å². The fraction of sp³-hybridized carbons (Fsp3) is 0.0833. The zero-order valence-corrected chi connectivity index (χ0v) is 10.6. The number of imidazole rings is 1. The lowest BCUT2D eigenvalue weighted by Gasteiger charge is -2.09. The van der Waals surface area contributed by atoms with Crippen LogP contribution in [-0.4, -0.2) is 19.9 Å². The molecule has 0 fully saturated rings. The van der Waals surface area contributed by atoms with Gasteiger partial charge in [0.2, 0.25) is 0 Å². The molecule has 3 aromatic rings. The predicted molar refractivity (Wildman–Crippen MR) is 74.9 cm³/mol. The summed E-state index contributed by atoms with van der Waals surface area (Å²) in [6, 6.07) is 5.54. The van der Waals surface area contributed by atoms with Crippen molar-refractivity contribution >= 4 is 34.3 Å². The highest BCUT2D eigenvalue weighted by atomic mass is 35.5. The topological polar surface area (TPSA) is 92.5 Å². The predicted octanol–water partition coefficient (Wildman–Crippen LogP) is 2.20. The summed E-state index contributed by atoms with van der Waals surface area (Å²) in [6.07, 6.45) is 3.06. The van der Waals surface area contributed by atoms with Crippen LogP contribution < -0.4 is 11.1 Å². The van der Waals surface area contributed by atoms with Gasteiger partial charge in [-0.3, -0.25) is 0 Å². The number of hydrogen-bond acceptors (Lipinski definition) is 5. The molecule has 0 aliphatic carbocycles. The Morgan fingerprint density at radius 3 is 3.05 bits per heavy atom. The minimum Gasteiger partial charge on any atom is -0.397 e. The molecule has 2 heterocycles. The van der Waals surface area contributed by atoms with Crippen LogP contribution >= 0.6 is 11.6 Å². The van der Waals surface area contributed by atoms with Crippen LogP contribution in [0.2, 0.25) is 5.02 Å². The molecule has 0 aliphatic heterocycles. The van der Waals surface area contributed by atoms with E-state index in [0.29, 0.717) is 34.2 Å². The van der Waals surface area contributed by atoms with Crippen LogP contribution in [0.4, 0.5) is 11.5 Å². The minimum absolute atomic E-state index is 0.519. The molecule has 0 saturated carbocycles. The lowest BCUT2D eigenvalue weighted by molar-refractivity contribution is 1.10. The normalized spacial score (nSPS) is 10.8. The molecule has 0 unspecified atom stereocenters. The van der Waals surface area contributed by atoms with Gasteiger partial charge in [0.1, 0.15) is 11.8 Å². The number of para-hydroxylation sites is 1. The van der Waals surface area contributed by atoms with E-state index in [9.17, 15) is 0 Å². The number of fused-ring (bicyclic) bond motifs is 1. The number of aromatic nitrogens is 4. The van der Waals surface area contributed by atoms with Crippen LogP contribution in [0.5, 0.6) is 0 Å². The van der Waals surface area contributed by atoms with E-state index in [1.807, 2.05) is 12.1 Å². The van der Waals surface area contributed by atoms with Gasteiger partial charge in [-0.25, -0.2) is 15.0 Å². The van der Waals surface area contributed by atoms with E-state index in [1.54, 1.807) is 12.4 Å². The summed E-state index contributed by atoms with van der Waals surface area (Å²) in [5.74, 6) is 0.658. The molecule has 0 amide bonds. The molecule has 3 rings (SSSR count). The number of benzene rings is 1. The van der Waals surface area contributed by atoms with Crippen molar-refractivity contribution in [2.24, 2.45) is 0 Å². The number of H-pyrrole nitrogens is 1. The fourth-order valence-corrected chi connectivity index (χ4v) is 2.00. The number of nitrogens with two attached hydrogens (primary N) is 1. The first kappa shape index (κ1) is 11.7. The average Bonchev–Trinajstić information content (AvgIpc) is 2.89. The Morgan fingerprint density at radius 2 is 2.16 bits per heavy atom. The maximum Gasteiger partial charge on any atom is 0.162 e. The van der Waals surface area contributed by atoms with E-state index >= 15 is 0 Å². The first-order valence-electron chi connectivity index (χ1n) is 5.66. The molecule has 1 aromatic carbocycles. The van der Waals surface area contributed by atoms with Crippen molar-refractivity contribution in [3.8, 4) is 0 Å². The summed E-state index contributed by atoms with van der Waals surface area (Å²) >= 11 is 5.98. The Balaban J connectivity index is 1.86. The number of hydrogen-bond donors (Lipinski definition) is 3. The number of aromatic amines is 1. The lowest BCUT2D eigenvalue weighted by Crippen LogP contribution is -2.05. The summed E-state index contributed by atoms with van der Waals surface area (Å²) in [4.78, 5) is 15.3. The number of nitrogen functional groups attached to an aromatic ring is 1. The summed E-state index contributed by atoms with van der Waals surface area (Å²) in [7, 11) is 0. The van der Waals surface area contributed by atoms with Gasteiger partial charge in [-0.2, -0.15) is 0 Å². The van der Waals surface area contributed by atoms with Gasteiger partial charge in [0.05, 0.1) is 17.0 Å². The van der Waals surface area contributed by atoms with Crippen LogP contribution in [0.25, 0.3) is 11.2 Å². The van der Waals surface area contributed by atoms with E-state index in [-0.39, 0.29) is 0 Å². The highest BCUT2D eigenvalue weighted by Crippen LogP contribution is 2.23. The maximum absolute atomic E-state index is 5.98. The third kappa shape index (κ3) is 2.17. The molecule has 0 aliphatic rings. The molecule has 7 heteroatoms. The summed E-state index contributed by atoms with van der Waals surface area (Å²) in [6.45, 7) is 0.519. The molecule has 2 aromatic heterocycles. The molecule has 96 valence electrons. The van der Waals surface area contributed by atoms with Crippen molar-refractivity contribution in [1.29, 1.82) is 0 Å². The van der Waals surface area contributed by atoms with E-state index in [1.165, 1.54) is 6.33 Å². The Bertz CT molecular complexity index is 723. The first-order chi connectivity index (χ1) is 9.25. The van der Waals surface area contributed by atoms with Gasteiger partial charge in [0.25, 0.3) is 0 Å². The van der Waals surface area contributed by atoms with Gasteiger partial charge in [-0.15, -0.1) is 0 Å². The zero-order chi connectivity index (χ0) is 13.2. The number of rotatable bonds is 3. The van der Waals surface area contributed by atoms with Gasteiger partial charge in [-0.05, 0) is 11.6 Å². The third-order valence-electron chi connectivity index (χ3n) is 2.81. The molecule has 0 saturated heterocycles.